The molecule has 0 rings (SSSR count). The molecule has 0 aliphatic carbocycles. The van der Waals surface area contributed by atoms with Crippen LogP contribution in [0.25, 0.3) is 0 Å². The molecule has 0 spiro atoms. The molecule has 0 aliphatic rings. The normalized spacial score (nSPS) is 13.8. The molecule has 0 aromatic carbocycles. The number of nitrogens with one attached hydrogen (secondary N) is 2. The van der Waals surface area contributed by atoms with Crippen molar-refractivity contribution in [2.24, 2.45) is 0 Å². The van der Waals surface area contributed by atoms with Gasteiger partial charge in [-0.1, -0.05) is 0 Å². The molecule has 1 atom stereocenters. The second-order valence-corrected chi connectivity index (χ2v) is 4.60. The van der Waals surface area contributed by atoms with Gasteiger partial charge in [0.15, 0.2) is 0 Å². The summed E-state index contributed by atoms with van der Waals surface area (Å²) in [5, 5.41) is 23.8. The summed E-state index contributed by atoms with van der Waals surface area (Å²) in [6.45, 7) is 2.69. The molecule has 0 aliphatic heterocycles. The van der Waals surface area contributed by atoms with Crippen LogP contribution >= 0.6 is 0 Å². The van der Waals surface area contributed by atoms with Gasteiger partial charge in [0.1, 0.15) is 0 Å². The molecule has 18 heavy (non-hydrogen) atoms. The number of rotatable bonds is 8. The molecule has 0 heterocycles. The molecule has 0 aromatic rings. The minimum Gasteiger partial charge on any atom is -0.481 e. The van der Waals surface area contributed by atoms with E-state index in [1.807, 2.05) is 7.05 Å². The Morgan fingerprint density at radius 3 is 2.50 bits per heavy atom. The highest BCUT2D eigenvalue weighted by atomic mass is 16.4. The maximum atomic E-state index is 11.6. The van der Waals surface area contributed by atoms with Gasteiger partial charge in [-0.3, -0.25) is 4.79 Å². The number of hydrogen-bond acceptors (Lipinski definition) is 4. The summed E-state index contributed by atoms with van der Waals surface area (Å²) in [6, 6.07) is -0.322. The zero-order chi connectivity index (χ0) is 14.2. The van der Waals surface area contributed by atoms with Crippen LogP contribution in [-0.4, -0.2) is 66.4 Å². The zero-order valence-electron chi connectivity index (χ0n) is 11.2. The fourth-order valence-corrected chi connectivity index (χ4v) is 1.38. The molecule has 0 saturated heterocycles. The summed E-state index contributed by atoms with van der Waals surface area (Å²) in [6.07, 6.45) is 0.419. The van der Waals surface area contributed by atoms with Crippen molar-refractivity contribution < 1.29 is 19.8 Å². The van der Waals surface area contributed by atoms with Crippen LogP contribution in [0.2, 0.25) is 0 Å². The van der Waals surface area contributed by atoms with Gasteiger partial charge >= 0.3 is 12.0 Å². The number of hydrogen-bond donors (Lipinski definition) is 4. The Balaban J connectivity index is 3.97. The van der Waals surface area contributed by atoms with Gasteiger partial charge in [0.2, 0.25) is 0 Å². The molecule has 0 saturated carbocycles. The van der Waals surface area contributed by atoms with E-state index in [1.54, 1.807) is 7.05 Å². The Hall–Kier alpha value is -1.34. The molecule has 7 nitrogen and oxygen atoms in total. The molecule has 4 N–H and O–H groups in total. The minimum absolute atomic E-state index is 0.0888. The van der Waals surface area contributed by atoms with Crippen molar-refractivity contribution in [3.63, 3.8) is 0 Å². The standard InChI is InChI=1S/C11H23N3O4/c1-11(18,7-9(15)16)8-13-10(17)14(3)6-4-5-12-2/h12,18H,4-8H2,1-3H3,(H,13,17)(H,15,16). The minimum atomic E-state index is -1.44. The number of carboxylic acid groups (broad SMARTS) is 1. The molecule has 0 aromatic heterocycles. The fourth-order valence-electron chi connectivity index (χ4n) is 1.38. The Labute approximate surface area is 107 Å². The van der Waals surface area contributed by atoms with Gasteiger partial charge < -0.3 is 25.7 Å². The fraction of sp³-hybridized carbons (Fsp3) is 0.818. The summed E-state index contributed by atoms with van der Waals surface area (Å²) < 4.78 is 0. The quantitative estimate of drug-likeness (QED) is 0.440. The van der Waals surface area contributed by atoms with E-state index in [0.29, 0.717) is 6.54 Å². The summed E-state index contributed by atoms with van der Waals surface area (Å²) >= 11 is 0. The number of carbonyl (C=O) groups excluding carboxylic acids is 1. The number of urea groups is 1. The first-order valence-corrected chi connectivity index (χ1v) is 5.86. The maximum absolute atomic E-state index is 11.6. The van der Waals surface area contributed by atoms with Crippen molar-refractivity contribution in [2.75, 3.05) is 33.7 Å². The summed E-state index contributed by atoms with van der Waals surface area (Å²) in [4.78, 5) is 23.6. The van der Waals surface area contributed by atoms with Crippen LogP contribution in [0.15, 0.2) is 0 Å². The smallest absolute Gasteiger partial charge is 0.317 e. The van der Waals surface area contributed by atoms with E-state index < -0.39 is 18.0 Å². The summed E-state index contributed by atoms with van der Waals surface area (Å²) in [5.41, 5.74) is -1.44. The number of carboxylic acids is 1. The van der Waals surface area contributed by atoms with E-state index in [1.165, 1.54) is 11.8 Å². The van der Waals surface area contributed by atoms with Gasteiger partial charge in [0.25, 0.3) is 0 Å². The molecular weight excluding hydrogens is 238 g/mol. The maximum Gasteiger partial charge on any atom is 0.317 e. The van der Waals surface area contributed by atoms with Gasteiger partial charge in [0, 0.05) is 20.1 Å². The summed E-state index contributed by atoms with van der Waals surface area (Å²) in [7, 11) is 3.49. The van der Waals surface area contributed by atoms with Crippen LogP contribution in [0.1, 0.15) is 19.8 Å². The molecule has 0 radical (unpaired) electrons. The highest BCUT2D eigenvalue weighted by molar-refractivity contribution is 5.74. The molecule has 106 valence electrons. The molecule has 0 bridgehead atoms. The van der Waals surface area contributed by atoms with Gasteiger partial charge in [-0.15, -0.1) is 0 Å². The van der Waals surface area contributed by atoms with E-state index in [-0.39, 0.29) is 12.6 Å². The van der Waals surface area contributed by atoms with Crippen molar-refractivity contribution in [1.29, 1.82) is 0 Å². The predicted octanol–water partition coefficient (Wildman–Crippen LogP) is -0.537. The number of aliphatic carboxylic acids is 1. The molecule has 2 amide bonds. The average molecular weight is 261 g/mol. The first-order chi connectivity index (χ1) is 8.28. The van der Waals surface area contributed by atoms with Crippen LogP contribution in [0.3, 0.4) is 0 Å². The van der Waals surface area contributed by atoms with Crippen molar-refractivity contribution >= 4 is 12.0 Å². The second-order valence-electron chi connectivity index (χ2n) is 4.60. The van der Waals surface area contributed by atoms with Crippen LogP contribution < -0.4 is 10.6 Å². The van der Waals surface area contributed by atoms with Crippen LogP contribution in [0.4, 0.5) is 4.79 Å². The SMILES string of the molecule is CNCCCN(C)C(=O)NCC(C)(O)CC(=O)O. The lowest BCUT2D eigenvalue weighted by Gasteiger charge is -2.24. The third kappa shape index (κ3) is 7.86. The van der Waals surface area contributed by atoms with E-state index >= 15 is 0 Å². The lowest BCUT2D eigenvalue weighted by molar-refractivity contribution is -0.141. The molecule has 7 heteroatoms. The third-order valence-electron chi connectivity index (χ3n) is 2.42. The van der Waals surface area contributed by atoms with Crippen LogP contribution in [0.5, 0.6) is 0 Å². The monoisotopic (exact) mass is 261 g/mol. The van der Waals surface area contributed by atoms with Gasteiger partial charge in [-0.2, -0.15) is 0 Å². The Kier molecular flexibility index (Phi) is 7.30. The van der Waals surface area contributed by atoms with Crippen molar-refractivity contribution in [1.82, 2.24) is 15.5 Å². The largest absolute Gasteiger partial charge is 0.481 e. The van der Waals surface area contributed by atoms with E-state index in [2.05, 4.69) is 10.6 Å². The van der Waals surface area contributed by atoms with Crippen LogP contribution in [0, 0.1) is 0 Å². The van der Waals surface area contributed by atoms with E-state index in [0.717, 1.165) is 13.0 Å². The molecule has 1 unspecified atom stereocenters. The number of carbonyl (C=O) groups is 2. The van der Waals surface area contributed by atoms with Gasteiger partial charge in [-0.25, -0.2) is 4.79 Å². The second kappa shape index (κ2) is 7.88. The number of nitrogens with zero attached hydrogens (tertiary/aromatic N) is 1. The Bertz CT molecular complexity index is 281. The number of aliphatic hydroxyl groups is 1. The van der Waals surface area contributed by atoms with Crippen molar-refractivity contribution in [2.45, 2.75) is 25.4 Å². The van der Waals surface area contributed by atoms with Crippen molar-refractivity contribution in [3.8, 4) is 0 Å². The lowest BCUT2D eigenvalue weighted by Crippen LogP contribution is -2.46. The topological polar surface area (TPSA) is 102 Å². The highest BCUT2D eigenvalue weighted by Crippen LogP contribution is 2.07. The van der Waals surface area contributed by atoms with Crippen molar-refractivity contribution in [3.05, 3.63) is 0 Å². The predicted molar refractivity (Wildman–Crippen MR) is 67.4 cm³/mol. The lowest BCUT2D eigenvalue weighted by atomic mass is 10.0. The third-order valence-corrected chi connectivity index (χ3v) is 2.42. The average Bonchev–Trinajstić information content (AvgIpc) is 2.24. The number of amides is 2. The van der Waals surface area contributed by atoms with E-state index in [4.69, 9.17) is 5.11 Å². The van der Waals surface area contributed by atoms with Crippen LogP contribution in [-0.2, 0) is 4.79 Å². The molecule has 0 fully saturated rings. The van der Waals surface area contributed by atoms with Gasteiger partial charge in [0.05, 0.1) is 12.0 Å². The van der Waals surface area contributed by atoms with E-state index in [9.17, 15) is 14.7 Å². The summed E-state index contributed by atoms with van der Waals surface area (Å²) in [5.74, 6) is -1.10. The Morgan fingerprint density at radius 2 is 2.00 bits per heavy atom. The highest BCUT2D eigenvalue weighted by Gasteiger charge is 2.25. The van der Waals surface area contributed by atoms with Gasteiger partial charge in [-0.05, 0) is 26.9 Å². The molecular formula is C11H23N3O4. The first-order valence-electron chi connectivity index (χ1n) is 5.86. The first kappa shape index (κ1) is 16.7. The Morgan fingerprint density at radius 1 is 1.39 bits per heavy atom. The zero-order valence-corrected chi connectivity index (χ0v) is 11.2.